The maximum absolute atomic E-state index is 16.3. The molecule has 2 amide bonds. The second kappa shape index (κ2) is 8.06. The maximum Gasteiger partial charge on any atom is 0.260 e. The fraction of sp³-hybridized carbons (Fsp3) is 0.231. The second-order valence-electron chi connectivity index (χ2n) is 8.68. The van der Waals surface area contributed by atoms with Crippen LogP contribution >= 0.6 is 0 Å². The number of amides is 2. The molecular formula is C26H24FN5O2. The Morgan fingerprint density at radius 2 is 1.97 bits per heavy atom. The number of nitrogens with zero attached hydrogens (tertiary/aromatic N) is 4. The number of hydrogen-bond donors (Lipinski definition) is 1. The van der Waals surface area contributed by atoms with Gasteiger partial charge in [-0.1, -0.05) is 24.3 Å². The molecule has 7 nitrogen and oxygen atoms in total. The van der Waals surface area contributed by atoms with Crippen LogP contribution in [0, 0.1) is 0 Å². The molecule has 0 spiro atoms. The van der Waals surface area contributed by atoms with Crippen LogP contribution in [-0.2, 0) is 23.9 Å². The summed E-state index contributed by atoms with van der Waals surface area (Å²) in [4.78, 5) is 31.7. The number of allylic oxidation sites excluding steroid dienone is 2. The Hall–Kier alpha value is -4.07. The third-order valence-corrected chi connectivity index (χ3v) is 6.40. The predicted octanol–water partition coefficient (Wildman–Crippen LogP) is 3.61. The van der Waals surface area contributed by atoms with Crippen LogP contribution in [0.25, 0.3) is 11.3 Å². The van der Waals surface area contributed by atoms with Gasteiger partial charge in [0.2, 0.25) is 5.91 Å². The van der Waals surface area contributed by atoms with E-state index in [2.05, 4.69) is 10.1 Å². The van der Waals surface area contributed by atoms with Gasteiger partial charge in [-0.2, -0.15) is 5.10 Å². The van der Waals surface area contributed by atoms with Crippen LogP contribution in [0.3, 0.4) is 0 Å². The number of anilines is 1. The van der Waals surface area contributed by atoms with Crippen LogP contribution in [0.1, 0.15) is 35.0 Å². The van der Waals surface area contributed by atoms with Gasteiger partial charge < -0.3 is 10.6 Å². The fourth-order valence-electron chi connectivity index (χ4n) is 4.72. The highest BCUT2D eigenvalue weighted by Crippen LogP contribution is 2.40. The van der Waals surface area contributed by atoms with Crippen molar-refractivity contribution in [2.24, 2.45) is 12.8 Å². The minimum absolute atomic E-state index is 0.0271. The SMILES string of the molecule is CC1=CCC(F)(c2ncccc2C(=O)N2CCc3cn(C)nc3-c3ccccc32)C=C1C(N)=O. The summed E-state index contributed by atoms with van der Waals surface area (Å²) in [6, 6.07) is 10.8. The number of primary amides is 1. The van der Waals surface area contributed by atoms with E-state index in [4.69, 9.17) is 5.73 Å². The number of aromatic nitrogens is 3. The Morgan fingerprint density at radius 1 is 1.18 bits per heavy atom. The van der Waals surface area contributed by atoms with Gasteiger partial charge in [0.1, 0.15) is 0 Å². The first-order chi connectivity index (χ1) is 16.3. The van der Waals surface area contributed by atoms with E-state index >= 15 is 4.39 Å². The Balaban J connectivity index is 1.60. The van der Waals surface area contributed by atoms with Gasteiger partial charge in [-0.05, 0) is 48.8 Å². The minimum atomic E-state index is -2.13. The fourth-order valence-corrected chi connectivity index (χ4v) is 4.72. The molecule has 1 atom stereocenters. The molecule has 1 aliphatic heterocycles. The summed E-state index contributed by atoms with van der Waals surface area (Å²) >= 11 is 0. The van der Waals surface area contributed by atoms with Crippen molar-refractivity contribution >= 4 is 17.5 Å². The minimum Gasteiger partial charge on any atom is -0.366 e. The van der Waals surface area contributed by atoms with Gasteiger partial charge in [0, 0.05) is 43.5 Å². The van der Waals surface area contributed by atoms with Gasteiger partial charge in [-0.25, -0.2) is 4.39 Å². The molecule has 0 saturated carbocycles. The summed E-state index contributed by atoms with van der Waals surface area (Å²) in [5, 5.41) is 4.60. The molecule has 0 fully saturated rings. The molecule has 0 saturated heterocycles. The molecule has 0 bridgehead atoms. The highest BCUT2D eigenvalue weighted by Gasteiger charge is 2.39. The number of para-hydroxylation sites is 1. The van der Waals surface area contributed by atoms with Crippen LogP contribution in [0.2, 0.25) is 0 Å². The molecule has 172 valence electrons. The highest BCUT2D eigenvalue weighted by molar-refractivity contribution is 6.09. The standard InChI is InChI=1S/C26H24FN5O2/c1-16-9-11-26(27,14-20(16)24(28)33)23-19(7-5-12-29-23)25(34)32-13-10-17-15-31(2)30-22(17)18-6-3-4-8-21(18)32/h3-9,12,14-15H,10-11,13H2,1-2H3,(H2,28,33). The quantitative estimate of drug-likeness (QED) is 0.650. The van der Waals surface area contributed by atoms with Gasteiger partial charge in [-0.15, -0.1) is 0 Å². The van der Waals surface area contributed by atoms with Gasteiger partial charge in [-0.3, -0.25) is 19.3 Å². The van der Waals surface area contributed by atoms with Gasteiger partial charge in [0.25, 0.3) is 5.91 Å². The Bertz CT molecular complexity index is 1390. The number of nitrogens with two attached hydrogens (primary N) is 1. The van der Waals surface area contributed by atoms with Crippen molar-refractivity contribution < 1.29 is 14.0 Å². The zero-order valence-electron chi connectivity index (χ0n) is 19.0. The number of rotatable bonds is 3. The number of aryl methyl sites for hydroxylation is 1. The number of carbonyl (C=O) groups excluding carboxylic acids is 2. The molecule has 5 rings (SSSR count). The summed E-state index contributed by atoms with van der Waals surface area (Å²) in [5.41, 5.74) is 7.59. The zero-order chi connectivity index (χ0) is 24.0. The van der Waals surface area contributed by atoms with Crippen molar-refractivity contribution in [1.29, 1.82) is 0 Å². The average Bonchev–Trinajstić information content (AvgIpc) is 3.14. The predicted molar refractivity (Wildman–Crippen MR) is 127 cm³/mol. The largest absolute Gasteiger partial charge is 0.366 e. The Kier molecular flexibility index (Phi) is 5.16. The van der Waals surface area contributed by atoms with E-state index in [1.165, 1.54) is 12.3 Å². The summed E-state index contributed by atoms with van der Waals surface area (Å²) < 4.78 is 18.1. The molecule has 1 aliphatic carbocycles. The van der Waals surface area contributed by atoms with E-state index in [0.717, 1.165) is 16.8 Å². The number of benzene rings is 1. The van der Waals surface area contributed by atoms with E-state index in [9.17, 15) is 9.59 Å². The van der Waals surface area contributed by atoms with Gasteiger partial charge >= 0.3 is 0 Å². The first-order valence-electron chi connectivity index (χ1n) is 11.1. The van der Waals surface area contributed by atoms with Crippen LogP contribution in [-0.4, -0.2) is 33.1 Å². The molecule has 0 radical (unpaired) electrons. The number of fused-ring (bicyclic) bond motifs is 3. The van der Waals surface area contributed by atoms with Crippen molar-refractivity contribution in [1.82, 2.24) is 14.8 Å². The normalized spacial score (nSPS) is 19.4. The first-order valence-corrected chi connectivity index (χ1v) is 11.1. The number of halogens is 1. The van der Waals surface area contributed by atoms with Crippen LogP contribution < -0.4 is 10.6 Å². The number of alkyl halides is 1. The third kappa shape index (κ3) is 3.51. The number of pyridine rings is 1. The van der Waals surface area contributed by atoms with Crippen molar-refractivity contribution in [3.8, 4) is 11.3 Å². The molecule has 1 unspecified atom stereocenters. The third-order valence-electron chi connectivity index (χ3n) is 6.40. The number of hydrogen-bond acceptors (Lipinski definition) is 4. The van der Waals surface area contributed by atoms with Gasteiger partial charge in [0.15, 0.2) is 5.67 Å². The highest BCUT2D eigenvalue weighted by atomic mass is 19.1. The average molecular weight is 458 g/mol. The summed E-state index contributed by atoms with van der Waals surface area (Å²) in [6.45, 7) is 2.12. The molecular weight excluding hydrogens is 433 g/mol. The van der Waals surface area contributed by atoms with Crippen LogP contribution in [0.4, 0.5) is 10.1 Å². The summed E-state index contributed by atoms with van der Waals surface area (Å²) in [5.74, 6) is -1.08. The van der Waals surface area contributed by atoms with E-state index in [-0.39, 0.29) is 29.2 Å². The first kappa shape index (κ1) is 21.8. The van der Waals surface area contributed by atoms with E-state index < -0.39 is 11.6 Å². The topological polar surface area (TPSA) is 94.1 Å². The van der Waals surface area contributed by atoms with Crippen molar-refractivity contribution in [3.63, 3.8) is 0 Å². The Morgan fingerprint density at radius 3 is 2.76 bits per heavy atom. The molecule has 3 heterocycles. The van der Waals surface area contributed by atoms with E-state index in [1.54, 1.807) is 34.7 Å². The van der Waals surface area contributed by atoms with Crippen LogP contribution in [0.5, 0.6) is 0 Å². The lowest BCUT2D eigenvalue weighted by Crippen LogP contribution is -2.35. The number of carbonyl (C=O) groups is 2. The Labute approximate surface area is 196 Å². The zero-order valence-corrected chi connectivity index (χ0v) is 19.0. The molecule has 8 heteroatoms. The molecule has 2 N–H and O–H groups in total. The van der Waals surface area contributed by atoms with Crippen molar-refractivity contribution in [3.05, 3.63) is 88.9 Å². The molecule has 3 aromatic rings. The molecule has 2 aromatic heterocycles. The smallest absolute Gasteiger partial charge is 0.260 e. The lowest BCUT2D eigenvalue weighted by molar-refractivity contribution is -0.114. The monoisotopic (exact) mass is 457 g/mol. The van der Waals surface area contributed by atoms with Crippen molar-refractivity contribution in [2.75, 3.05) is 11.4 Å². The lowest BCUT2D eigenvalue weighted by atomic mass is 9.84. The molecule has 34 heavy (non-hydrogen) atoms. The van der Waals surface area contributed by atoms with E-state index in [1.807, 2.05) is 37.5 Å². The van der Waals surface area contributed by atoms with Crippen molar-refractivity contribution in [2.45, 2.75) is 25.4 Å². The van der Waals surface area contributed by atoms with Crippen LogP contribution in [0.15, 0.2) is 72.1 Å². The van der Waals surface area contributed by atoms with E-state index in [0.29, 0.717) is 24.2 Å². The molecule has 2 aliphatic rings. The van der Waals surface area contributed by atoms with Gasteiger partial charge in [0.05, 0.1) is 22.6 Å². The lowest BCUT2D eigenvalue weighted by Gasteiger charge is -2.29. The summed E-state index contributed by atoms with van der Waals surface area (Å²) in [6.07, 6.45) is 6.78. The maximum atomic E-state index is 16.3. The second-order valence-corrected chi connectivity index (χ2v) is 8.68. The summed E-state index contributed by atoms with van der Waals surface area (Å²) in [7, 11) is 1.87. The molecule has 1 aromatic carbocycles.